The van der Waals surface area contributed by atoms with Crippen LogP contribution in [0.4, 0.5) is 11.6 Å². The summed E-state index contributed by atoms with van der Waals surface area (Å²) in [7, 11) is 0. The fraction of sp³-hybridized carbons (Fsp3) is 0.0556. The number of nitrogens with one attached hydrogen (secondary N) is 1. The molecule has 0 fully saturated rings. The number of benzene rings is 1. The molecule has 120 valence electrons. The monoisotopic (exact) mass is 327 g/mol. The summed E-state index contributed by atoms with van der Waals surface area (Å²) < 4.78 is 1.58. The maximum absolute atomic E-state index is 9.40. The summed E-state index contributed by atoms with van der Waals surface area (Å²) in [5.41, 5.74) is 2.73. The van der Waals surface area contributed by atoms with Gasteiger partial charge < -0.3 is 5.32 Å². The Morgan fingerprint density at radius 3 is 2.52 bits per heavy atom. The predicted molar refractivity (Wildman–Crippen MR) is 93.6 cm³/mol. The van der Waals surface area contributed by atoms with E-state index in [-0.39, 0.29) is 0 Å². The van der Waals surface area contributed by atoms with E-state index in [0.717, 1.165) is 16.7 Å². The van der Waals surface area contributed by atoms with Crippen molar-refractivity contribution in [3.05, 3.63) is 66.1 Å². The Morgan fingerprint density at radius 2 is 1.80 bits per heavy atom. The van der Waals surface area contributed by atoms with Crippen LogP contribution in [0, 0.1) is 18.3 Å². The third-order valence-corrected chi connectivity index (χ3v) is 3.74. The lowest BCUT2D eigenvalue weighted by atomic mass is 10.3. The molecule has 0 radical (unpaired) electrons. The third-order valence-electron chi connectivity index (χ3n) is 3.74. The van der Waals surface area contributed by atoms with Crippen molar-refractivity contribution in [1.29, 1.82) is 5.26 Å². The molecular weight excluding hydrogens is 314 g/mol. The fourth-order valence-corrected chi connectivity index (χ4v) is 2.52. The molecule has 4 aromatic rings. The van der Waals surface area contributed by atoms with Crippen molar-refractivity contribution in [2.75, 3.05) is 5.32 Å². The van der Waals surface area contributed by atoms with Gasteiger partial charge in [-0.1, -0.05) is 18.2 Å². The molecule has 0 spiro atoms. The minimum atomic E-state index is 0.403. The second-order valence-corrected chi connectivity index (χ2v) is 5.39. The third kappa shape index (κ3) is 2.66. The molecule has 3 aromatic heterocycles. The van der Waals surface area contributed by atoms with Gasteiger partial charge in [-0.25, -0.2) is 15.0 Å². The van der Waals surface area contributed by atoms with E-state index >= 15 is 0 Å². The molecule has 0 aliphatic carbocycles. The van der Waals surface area contributed by atoms with E-state index in [1.165, 1.54) is 6.20 Å². The first-order valence-corrected chi connectivity index (χ1v) is 7.66. The Bertz CT molecular complexity index is 1090. The number of nitrogens with zero attached hydrogens (tertiary/aromatic N) is 6. The lowest BCUT2D eigenvalue weighted by molar-refractivity contribution is 0.853. The van der Waals surface area contributed by atoms with Crippen LogP contribution in [-0.2, 0) is 0 Å². The van der Waals surface area contributed by atoms with Gasteiger partial charge in [0.15, 0.2) is 17.5 Å². The standard InChI is InChI=1S/C18H13N7/c1-12-17(23-15-7-3-2-6-14(15)22-12)24-18-13(10-19)11-21-25(18)16-8-4-5-9-20-16/h2-9,11H,1H3,(H,23,24). The van der Waals surface area contributed by atoms with E-state index in [1.807, 2.05) is 49.4 Å². The molecule has 0 saturated carbocycles. The zero-order valence-electron chi connectivity index (χ0n) is 13.4. The number of hydrogen-bond donors (Lipinski definition) is 1. The summed E-state index contributed by atoms with van der Waals surface area (Å²) in [5, 5.41) is 16.9. The molecule has 4 rings (SSSR count). The van der Waals surface area contributed by atoms with Crippen molar-refractivity contribution in [2.45, 2.75) is 6.92 Å². The van der Waals surface area contributed by atoms with Gasteiger partial charge in [-0.2, -0.15) is 15.0 Å². The van der Waals surface area contributed by atoms with Gasteiger partial charge in [-0.15, -0.1) is 0 Å². The van der Waals surface area contributed by atoms with E-state index in [2.05, 4.69) is 31.4 Å². The quantitative estimate of drug-likeness (QED) is 0.621. The van der Waals surface area contributed by atoms with Crippen LogP contribution >= 0.6 is 0 Å². The molecule has 0 saturated heterocycles. The van der Waals surface area contributed by atoms with Gasteiger partial charge in [0.1, 0.15) is 11.6 Å². The number of anilines is 2. The Morgan fingerprint density at radius 1 is 1.04 bits per heavy atom. The van der Waals surface area contributed by atoms with Crippen LogP contribution in [0.5, 0.6) is 0 Å². The largest absolute Gasteiger partial charge is 0.322 e. The molecule has 0 amide bonds. The van der Waals surface area contributed by atoms with Crippen LogP contribution in [0.1, 0.15) is 11.3 Å². The van der Waals surface area contributed by atoms with Crippen LogP contribution in [0.3, 0.4) is 0 Å². The molecule has 0 bridgehead atoms. The number of fused-ring (bicyclic) bond motifs is 1. The predicted octanol–water partition coefficient (Wildman–Crippen LogP) is 3.13. The Hall–Kier alpha value is -3.79. The van der Waals surface area contributed by atoms with Gasteiger partial charge in [-0.3, -0.25) is 0 Å². The van der Waals surface area contributed by atoms with E-state index in [1.54, 1.807) is 10.9 Å². The number of para-hydroxylation sites is 2. The number of nitriles is 1. The number of pyridine rings is 1. The number of aromatic nitrogens is 5. The topological polar surface area (TPSA) is 92.3 Å². The molecule has 1 aromatic carbocycles. The maximum Gasteiger partial charge on any atom is 0.155 e. The second kappa shape index (κ2) is 6.02. The maximum atomic E-state index is 9.40. The molecule has 0 aliphatic heterocycles. The number of rotatable bonds is 3. The van der Waals surface area contributed by atoms with Crippen molar-refractivity contribution in [3.63, 3.8) is 0 Å². The summed E-state index contributed by atoms with van der Waals surface area (Å²) in [6.07, 6.45) is 3.18. The molecular formula is C18H13N7. The fourth-order valence-electron chi connectivity index (χ4n) is 2.52. The van der Waals surface area contributed by atoms with Crippen LogP contribution < -0.4 is 5.32 Å². The summed E-state index contributed by atoms with van der Waals surface area (Å²) in [6.45, 7) is 1.87. The zero-order valence-corrected chi connectivity index (χ0v) is 13.4. The summed E-state index contributed by atoms with van der Waals surface area (Å²) >= 11 is 0. The number of hydrogen-bond acceptors (Lipinski definition) is 6. The van der Waals surface area contributed by atoms with Crippen LogP contribution in [0.25, 0.3) is 16.9 Å². The highest BCUT2D eigenvalue weighted by Gasteiger charge is 2.15. The van der Waals surface area contributed by atoms with Crippen LogP contribution in [0.15, 0.2) is 54.9 Å². The van der Waals surface area contributed by atoms with Crippen LogP contribution in [0.2, 0.25) is 0 Å². The Labute approximate surface area is 143 Å². The van der Waals surface area contributed by atoms with E-state index in [4.69, 9.17) is 0 Å². The first-order chi connectivity index (χ1) is 12.3. The summed E-state index contributed by atoms with van der Waals surface area (Å²) in [6, 6.07) is 15.3. The van der Waals surface area contributed by atoms with Crippen molar-refractivity contribution >= 4 is 22.7 Å². The summed E-state index contributed by atoms with van der Waals surface area (Å²) in [5.74, 6) is 1.69. The Balaban J connectivity index is 1.82. The van der Waals surface area contributed by atoms with Crippen LogP contribution in [-0.4, -0.2) is 24.7 Å². The second-order valence-electron chi connectivity index (χ2n) is 5.39. The SMILES string of the molecule is Cc1nc2ccccc2nc1Nc1c(C#N)cnn1-c1ccccn1. The van der Waals surface area contributed by atoms with E-state index in [9.17, 15) is 5.26 Å². The molecule has 25 heavy (non-hydrogen) atoms. The smallest absolute Gasteiger partial charge is 0.155 e. The zero-order chi connectivity index (χ0) is 17.2. The lowest BCUT2D eigenvalue weighted by Gasteiger charge is -2.11. The molecule has 1 N–H and O–H groups in total. The van der Waals surface area contributed by atoms with Gasteiger partial charge in [0, 0.05) is 6.20 Å². The Kier molecular flexibility index (Phi) is 3.56. The molecule has 7 heteroatoms. The molecule has 0 aliphatic rings. The minimum Gasteiger partial charge on any atom is -0.322 e. The van der Waals surface area contributed by atoms with Crippen molar-refractivity contribution in [1.82, 2.24) is 24.7 Å². The van der Waals surface area contributed by atoms with Gasteiger partial charge in [0.25, 0.3) is 0 Å². The first kappa shape index (κ1) is 14.8. The lowest BCUT2D eigenvalue weighted by Crippen LogP contribution is -2.07. The highest BCUT2D eigenvalue weighted by molar-refractivity contribution is 5.77. The highest BCUT2D eigenvalue weighted by atomic mass is 15.4. The van der Waals surface area contributed by atoms with Crippen molar-refractivity contribution in [2.24, 2.45) is 0 Å². The minimum absolute atomic E-state index is 0.403. The van der Waals surface area contributed by atoms with Crippen molar-refractivity contribution < 1.29 is 0 Å². The molecule has 0 atom stereocenters. The van der Waals surface area contributed by atoms with Crippen molar-refractivity contribution in [3.8, 4) is 11.9 Å². The summed E-state index contributed by atoms with van der Waals surface area (Å²) in [4.78, 5) is 13.5. The average molecular weight is 327 g/mol. The van der Waals surface area contributed by atoms with Gasteiger partial charge >= 0.3 is 0 Å². The first-order valence-electron chi connectivity index (χ1n) is 7.66. The van der Waals surface area contributed by atoms with Gasteiger partial charge in [0.05, 0.1) is 22.9 Å². The molecule has 3 heterocycles. The van der Waals surface area contributed by atoms with E-state index in [0.29, 0.717) is 23.0 Å². The average Bonchev–Trinajstić information content (AvgIpc) is 3.05. The number of aryl methyl sites for hydroxylation is 1. The molecule has 0 unspecified atom stereocenters. The highest BCUT2D eigenvalue weighted by Crippen LogP contribution is 2.24. The van der Waals surface area contributed by atoms with Gasteiger partial charge in [0.2, 0.25) is 0 Å². The molecule has 7 nitrogen and oxygen atoms in total. The normalized spacial score (nSPS) is 10.6. The van der Waals surface area contributed by atoms with Gasteiger partial charge in [-0.05, 0) is 31.2 Å². The van der Waals surface area contributed by atoms with E-state index < -0.39 is 0 Å².